The zero-order valence-corrected chi connectivity index (χ0v) is 9.89. The molecule has 4 N–H and O–H groups in total. The van der Waals surface area contributed by atoms with Crippen LogP contribution in [0.1, 0.15) is 23.7 Å². The minimum atomic E-state index is -0.286. The van der Waals surface area contributed by atoms with Crippen LogP contribution in [0, 0.1) is 0 Å². The zero-order chi connectivity index (χ0) is 12.8. The van der Waals surface area contributed by atoms with Crippen LogP contribution in [-0.4, -0.2) is 40.7 Å². The third kappa shape index (κ3) is 3.35. The lowest BCUT2D eigenvalue weighted by molar-refractivity contribution is 0.0763. The van der Waals surface area contributed by atoms with Gasteiger partial charge in [0.1, 0.15) is 0 Å². The fraction of sp³-hybridized carbons (Fsp3) is 0.417. The number of phenolic OH excluding ortho intramolecular Hbond substituents is 2. The molecule has 5 nitrogen and oxygen atoms in total. The van der Waals surface area contributed by atoms with Crippen LogP contribution in [0.2, 0.25) is 0 Å². The van der Waals surface area contributed by atoms with Gasteiger partial charge in [-0.1, -0.05) is 0 Å². The van der Waals surface area contributed by atoms with Crippen molar-refractivity contribution in [2.45, 2.75) is 13.3 Å². The predicted octanol–water partition coefficient (Wildman–Crippen LogP) is 0.909. The van der Waals surface area contributed by atoms with E-state index in [2.05, 4.69) is 0 Å². The Labute approximate surface area is 100 Å². The van der Waals surface area contributed by atoms with Gasteiger partial charge >= 0.3 is 0 Å². The minimum absolute atomic E-state index is 0.170. The van der Waals surface area contributed by atoms with Gasteiger partial charge in [-0.25, -0.2) is 0 Å². The summed E-state index contributed by atoms with van der Waals surface area (Å²) >= 11 is 0. The number of hydrogen-bond acceptors (Lipinski definition) is 4. The normalized spacial score (nSPS) is 10.2. The molecule has 0 bridgehead atoms. The first-order chi connectivity index (χ1) is 8.10. The van der Waals surface area contributed by atoms with Crippen LogP contribution >= 0.6 is 0 Å². The Balaban J connectivity index is 2.82. The Morgan fingerprint density at radius 3 is 2.59 bits per heavy atom. The van der Waals surface area contributed by atoms with Gasteiger partial charge in [-0.05, 0) is 38.1 Å². The number of rotatable bonds is 5. The molecule has 1 amide bonds. The number of hydrogen-bond donors (Lipinski definition) is 3. The van der Waals surface area contributed by atoms with E-state index in [1.165, 1.54) is 18.2 Å². The lowest BCUT2D eigenvalue weighted by Crippen LogP contribution is -2.32. The molecular formula is C12H18N2O3. The average molecular weight is 238 g/mol. The molecule has 5 heteroatoms. The van der Waals surface area contributed by atoms with Crippen molar-refractivity contribution >= 4 is 5.91 Å². The van der Waals surface area contributed by atoms with Crippen LogP contribution in [0.15, 0.2) is 18.2 Å². The van der Waals surface area contributed by atoms with Gasteiger partial charge < -0.3 is 20.8 Å². The van der Waals surface area contributed by atoms with E-state index in [1.807, 2.05) is 6.92 Å². The van der Waals surface area contributed by atoms with E-state index in [-0.39, 0.29) is 17.4 Å². The summed E-state index contributed by atoms with van der Waals surface area (Å²) in [7, 11) is 0. The number of carbonyl (C=O) groups excluding carboxylic acids is 1. The lowest BCUT2D eigenvalue weighted by Gasteiger charge is -2.20. The van der Waals surface area contributed by atoms with E-state index in [1.54, 1.807) is 4.90 Å². The van der Waals surface area contributed by atoms with Crippen LogP contribution in [0.25, 0.3) is 0 Å². The molecule has 0 saturated heterocycles. The number of benzene rings is 1. The molecule has 0 aliphatic carbocycles. The second-order valence-corrected chi connectivity index (χ2v) is 3.73. The van der Waals surface area contributed by atoms with Crippen molar-refractivity contribution in [1.82, 2.24) is 4.90 Å². The van der Waals surface area contributed by atoms with E-state index in [4.69, 9.17) is 5.73 Å². The van der Waals surface area contributed by atoms with Crippen LogP contribution in [0.3, 0.4) is 0 Å². The highest BCUT2D eigenvalue weighted by Crippen LogP contribution is 2.25. The first-order valence-electron chi connectivity index (χ1n) is 5.61. The van der Waals surface area contributed by atoms with Gasteiger partial charge in [-0.15, -0.1) is 0 Å². The smallest absolute Gasteiger partial charge is 0.253 e. The molecule has 0 atom stereocenters. The molecule has 1 aromatic carbocycles. The first-order valence-corrected chi connectivity index (χ1v) is 5.61. The number of nitrogens with two attached hydrogens (primary N) is 1. The molecule has 0 radical (unpaired) electrons. The van der Waals surface area contributed by atoms with Gasteiger partial charge in [0.05, 0.1) is 0 Å². The van der Waals surface area contributed by atoms with Crippen molar-refractivity contribution in [3.8, 4) is 11.5 Å². The Morgan fingerprint density at radius 1 is 1.35 bits per heavy atom. The maximum atomic E-state index is 12.0. The topological polar surface area (TPSA) is 86.8 Å². The maximum Gasteiger partial charge on any atom is 0.253 e. The van der Waals surface area contributed by atoms with Gasteiger partial charge in [0.15, 0.2) is 11.5 Å². The van der Waals surface area contributed by atoms with Crippen molar-refractivity contribution in [2.75, 3.05) is 19.6 Å². The number of phenols is 2. The van der Waals surface area contributed by atoms with Gasteiger partial charge in [-0.3, -0.25) is 4.79 Å². The van der Waals surface area contributed by atoms with Crippen molar-refractivity contribution in [1.29, 1.82) is 0 Å². The van der Waals surface area contributed by atoms with Crippen molar-refractivity contribution < 1.29 is 15.0 Å². The summed E-state index contributed by atoms with van der Waals surface area (Å²) in [5.74, 6) is -0.687. The second kappa shape index (κ2) is 6.10. The number of aromatic hydroxyl groups is 2. The molecule has 1 rings (SSSR count). The van der Waals surface area contributed by atoms with Crippen molar-refractivity contribution in [3.63, 3.8) is 0 Å². The maximum absolute atomic E-state index is 12.0. The van der Waals surface area contributed by atoms with E-state index >= 15 is 0 Å². The van der Waals surface area contributed by atoms with E-state index < -0.39 is 0 Å². The Kier molecular flexibility index (Phi) is 4.78. The molecular weight excluding hydrogens is 220 g/mol. The van der Waals surface area contributed by atoms with Crippen molar-refractivity contribution in [3.05, 3.63) is 23.8 Å². The van der Waals surface area contributed by atoms with Gasteiger partial charge in [0.25, 0.3) is 5.91 Å². The van der Waals surface area contributed by atoms with Crippen LogP contribution in [0.5, 0.6) is 11.5 Å². The monoisotopic (exact) mass is 238 g/mol. The minimum Gasteiger partial charge on any atom is -0.504 e. The highest BCUT2D eigenvalue weighted by molar-refractivity contribution is 5.94. The molecule has 17 heavy (non-hydrogen) atoms. The largest absolute Gasteiger partial charge is 0.504 e. The van der Waals surface area contributed by atoms with E-state index in [0.29, 0.717) is 25.2 Å². The highest BCUT2D eigenvalue weighted by atomic mass is 16.3. The standard InChI is InChI=1S/C12H18N2O3/c1-2-14(7-3-6-13)12(17)9-4-5-10(15)11(16)8-9/h4-5,8,15-16H,2-3,6-7,13H2,1H3. The highest BCUT2D eigenvalue weighted by Gasteiger charge is 2.14. The summed E-state index contributed by atoms with van der Waals surface area (Å²) in [6.07, 6.45) is 0.740. The molecule has 0 aliphatic rings. The third-order valence-corrected chi connectivity index (χ3v) is 2.52. The molecule has 0 aromatic heterocycles. The molecule has 0 saturated carbocycles. The fourth-order valence-electron chi connectivity index (χ4n) is 1.52. The summed E-state index contributed by atoms with van der Waals surface area (Å²) in [5, 5.41) is 18.5. The zero-order valence-electron chi connectivity index (χ0n) is 9.89. The lowest BCUT2D eigenvalue weighted by atomic mass is 10.1. The van der Waals surface area contributed by atoms with E-state index in [0.717, 1.165) is 6.42 Å². The third-order valence-electron chi connectivity index (χ3n) is 2.52. The Hall–Kier alpha value is -1.75. The summed E-state index contributed by atoms with van der Waals surface area (Å²) in [6, 6.07) is 4.06. The number of amides is 1. The number of carbonyl (C=O) groups is 1. The quantitative estimate of drug-likeness (QED) is 0.665. The van der Waals surface area contributed by atoms with Crippen LogP contribution in [-0.2, 0) is 0 Å². The Bertz CT molecular complexity index is 393. The summed E-state index contributed by atoms with van der Waals surface area (Å²) in [4.78, 5) is 13.7. The van der Waals surface area contributed by atoms with Gasteiger partial charge in [-0.2, -0.15) is 0 Å². The van der Waals surface area contributed by atoms with Crippen molar-refractivity contribution in [2.24, 2.45) is 5.73 Å². The molecule has 0 aliphatic heterocycles. The first kappa shape index (κ1) is 13.3. The molecule has 0 heterocycles. The average Bonchev–Trinajstić information content (AvgIpc) is 2.33. The second-order valence-electron chi connectivity index (χ2n) is 3.73. The number of nitrogens with zero attached hydrogens (tertiary/aromatic N) is 1. The Morgan fingerprint density at radius 2 is 2.06 bits per heavy atom. The SMILES string of the molecule is CCN(CCCN)C(=O)c1ccc(O)c(O)c1. The van der Waals surface area contributed by atoms with Gasteiger partial charge in [0, 0.05) is 18.7 Å². The molecule has 1 aromatic rings. The molecule has 0 unspecified atom stereocenters. The van der Waals surface area contributed by atoms with Gasteiger partial charge in [0.2, 0.25) is 0 Å². The molecule has 94 valence electrons. The fourth-order valence-corrected chi connectivity index (χ4v) is 1.52. The summed E-state index contributed by atoms with van der Waals surface area (Å²) in [6.45, 7) is 3.59. The van der Waals surface area contributed by atoms with E-state index in [9.17, 15) is 15.0 Å². The molecule has 0 spiro atoms. The predicted molar refractivity (Wildman–Crippen MR) is 65.0 cm³/mol. The summed E-state index contributed by atoms with van der Waals surface area (Å²) in [5.41, 5.74) is 5.76. The van der Waals surface area contributed by atoms with Crippen LogP contribution < -0.4 is 5.73 Å². The molecule has 0 fully saturated rings. The van der Waals surface area contributed by atoms with Crippen LogP contribution in [0.4, 0.5) is 0 Å². The summed E-state index contributed by atoms with van der Waals surface area (Å²) < 4.78 is 0.